The van der Waals surface area contributed by atoms with Gasteiger partial charge in [-0.3, -0.25) is 19.8 Å². The van der Waals surface area contributed by atoms with Gasteiger partial charge in [0.25, 0.3) is 11.8 Å². The molecule has 1 aromatic rings. The van der Waals surface area contributed by atoms with Crippen LogP contribution in [0.25, 0.3) is 6.08 Å². The van der Waals surface area contributed by atoms with Gasteiger partial charge >= 0.3 is 6.03 Å². The Labute approximate surface area is 182 Å². The van der Waals surface area contributed by atoms with E-state index in [1.807, 2.05) is 0 Å². The molecule has 1 aliphatic carbocycles. The molecule has 29 heavy (non-hydrogen) atoms. The number of carbonyl (C=O) groups excluding carboxylic acids is 3. The average Bonchev–Trinajstić information content (AvgIpc) is 2.70. The molecule has 0 bridgehead atoms. The summed E-state index contributed by atoms with van der Waals surface area (Å²) in [6.07, 6.45) is 11.2. The molecule has 1 aromatic carbocycles. The van der Waals surface area contributed by atoms with Gasteiger partial charge in [0.15, 0.2) is 11.5 Å². The fourth-order valence-electron chi connectivity index (χ4n) is 3.59. The number of barbiturate groups is 1. The Morgan fingerprint density at radius 2 is 2.00 bits per heavy atom. The largest absolute Gasteiger partial charge is 0.493 e. The van der Waals surface area contributed by atoms with Crippen LogP contribution in [0.2, 0.25) is 0 Å². The van der Waals surface area contributed by atoms with E-state index in [9.17, 15) is 14.4 Å². The fourth-order valence-corrected chi connectivity index (χ4v) is 4.37. The molecule has 1 aliphatic heterocycles. The molecule has 1 saturated carbocycles. The molecule has 1 saturated heterocycles. The van der Waals surface area contributed by atoms with Gasteiger partial charge in [-0.05, 0) is 59.2 Å². The topological polar surface area (TPSA) is 84.9 Å². The molecule has 0 aromatic heterocycles. The van der Waals surface area contributed by atoms with E-state index in [0.29, 0.717) is 20.6 Å². The Balaban J connectivity index is 1.94. The van der Waals surface area contributed by atoms with E-state index in [0.717, 1.165) is 32.1 Å². The van der Waals surface area contributed by atoms with Crippen molar-refractivity contribution in [1.29, 1.82) is 0 Å². The molecule has 7 nitrogen and oxygen atoms in total. The number of methoxy groups -OCH3 is 1. The minimum absolute atomic E-state index is 0.0784. The Kier molecular flexibility index (Phi) is 6.79. The number of nitrogens with zero attached hydrogens (tertiary/aromatic N) is 1. The van der Waals surface area contributed by atoms with Gasteiger partial charge in [0.2, 0.25) is 0 Å². The van der Waals surface area contributed by atoms with Gasteiger partial charge < -0.3 is 9.47 Å². The van der Waals surface area contributed by atoms with E-state index in [2.05, 4.69) is 33.8 Å². The number of ether oxygens (including phenoxy) is 2. The maximum absolute atomic E-state index is 13.0. The van der Waals surface area contributed by atoms with Gasteiger partial charge in [0, 0.05) is 6.04 Å². The maximum Gasteiger partial charge on any atom is 0.331 e. The highest BCUT2D eigenvalue weighted by molar-refractivity contribution is 14.1. The first-order valence-corrected chi connectivity index (χ1v) is 10.4. The number of rotatable bonds is 5. The van der Waals surface area contributed by atoms with Crippen LogP contribution >= 0.6 is 22.6 Å². The van der Waals surface area contributed by atoms with Crippen molar-refractivity contribution in [2.75, 3.05) is 13.7 Å². The number of terminal acetylenes is 1. The predicted molar refractivity (Wildman–Crippen MR) is 115 cm³/mol. The lowest BCUT2D eigenvalue weighted by molar-refractivity contribution is -0.132. The molecule has 1 N–H and O–H groups in total. The van der Waals surface area contributed by atoms with Crippen molar-refractivity contribution in [1.82, 2.24) is 10.2 Å². The van der Waals surface area contributed by atoms with Gasteiger partial charge in [-0.1, -0.05) is 25.2 Å². The maximum atomic E-state index is 13.0. The summed E-state index contributed by atoms with van der Waals surface area (Å²) in [6, 6.07) is 2.59. The van der Waals surface area contributed by atoms with E-state index in [1.165, 1.54) is 18.1 Å². The lowest BCUT2D eigenvalue weighted by Crippen LogP contribution is -2.58. The normalized spacial score (nSPS) is 19.1. The molecular formula is C21H21IN2O5. The van der Waals surface area contributed by atoms with Crippen molar-refractivity contribution in [3.63, 3.8) is 0 Å². The second-order valence-electron chi connectivity index (χ2n) is 6.81. The third-order valence-corrected chi connectivity index (χ3v) is 5.74. The van der Waals surface area contributed by atoms with Crippen LogP contribution in [0.4, 0.5) is 4.79 Å². The van der Waals surface area contributed by atoms with Crippen molar-refractivity contribution in [3.05, 3.63) is 26.8 Å². The van der Waals surface area contributed by atoms with Crippen molar-refractivity contribution in [2.45, 2.75) is 38.1 Å². The molecule has 0 spiro atoms. The molecule has 0 unspecified atom stereocenters. The zero-order chi connectivity index (χ0) is 21.0. The molecule has 0 radical (unpaired) electrons. The summed E-state index contributed by atoms with van der Waals surface area (Å²) in [5.41, 5.74) is 0.501. The Bertz CT molecular complexity index is 912. The van der Waals surface area contributed by atoms with Gasteiger partial charge in [0.05, 0.1) is 10.7 Å². The summed E-state index contributed by atoms with van der Waals surface area (Å²) in [6.45, 7) is 0.0894. The highest BCUT2D eigenvalue weighted by Gasteiger charge is 2.40. The number of urea groups is 1. The van der Waals surface area contributed by atoms with E-state index < -0.39 is 17.8 Å². The number of hydrogen-bond donors (Lipinski definition) is 1. The van der Waals surface area contributed by atoms with Crippen LogP contribution in [-0.2, 0) is 9.59 Å². The highest BCUT2D eigenvalue weighted by Crippen LogP contribution is 2.35. The van der Waals surface area contributed by atoms with Crippen LogP contribution in [0.5, 0.6) is 11.5 Å². The predicted octanol–water partition coefficient (Wildman–Crippen LogP) is 3.11. The molecule has 0 atom stereocenters. The van der Waals surface area contributed by atoms with Crippen LogP contribution in [-0.4, -0.2) is 42.5 Å². The number of nitrogens with one attached hydrogen (secondary N) is 1. The average molecular weight is 508 g/mol. The van der Waals surface area contributed by atoms with Crippen LogP contribution in [0.3, 0.4) is 0 Å². The minimum atomic E-state index is -0.700. The van der Waals surface area contributed by atoms with E-state index in [-0.39, 0.29) is 18.2 Å². The standard InChI is InChI=1S/C21H21IN2O5/c1-3-9-29-18-16(22)11-13(12-17(18)28-2)10-15-19(25)23-21(27)24(20(15)26)14-7-5-4-6-8-14/h1,10-12,14H,4-9H2,2H3,(H,23,25,27). The smallest absolute Gasteiger partial charge is 0.331 e. The summed E-state index contributed by atoms with van der Waals surface area (Å²) in [7, 11) is 1.49. The van der Waals surface area contributed by atoms with E-state index in [4.69, 9.17) is 15.9 Å². The third-order valence-electron chi connectivity index (χ3n) is 4.94. The van der Waals surface area contributed by atoms with Crippen molar-refractivity contribution < 1.29 is 23.9 Å². The lowest BCUT2D eigenvalue weighted by Gasteiger charge is -2.35. The third kappa shape index (κ3) is 4.56. The zero-order valence-electron chi connectivity index (χ0n) is 16.0. The number of amides is 4. The summed E-state index contributed by atoms with van der Waals surface area (Å²) in [5, 5.41) is 2.29. The summed E-state index contributed by atoms with van der Waals surface area (Å²) in [5.74, 6) is 2.06. The van der Waals surface area contributed by atoms with Crippen LogP contribution in [0.15, 0.2) is 17.7 Å². The van der Waals surface area contributed by atoms with Crippen molar-refractivity contribution in [3.8, 4) is 23.8 Å². The first-order chi connectivity index (χ1) is 14.0. The summed E-state index contributed by atoms with van der Waals surface area (Å²) < 4.78 is 11.6. The van der Waals surface area contributed by atoms with Gasteiger partial charge in [-0.15, -0.1) is 6.42 Å². The van der Waals surface area contributed by atoms with Crippen LogP contribution in [0, 0.1) is 15.9 Å². The molecule has 1 heterocycles. The SMILES string of the molecule is C#CCOc1c(I)cc(C=C2C(=O)NC(=O)N(C3CCCCC3)C2=O)cc1OC. The number of imide groups is 2. The zero-order valence-corrected chi connectivity index (χ0v) is 18.2. The Morgan fingerprint density at radius 3 is 2.66 bits per heavy atom. The molecule has 4 amide bonds. The van der Waals surface area contributed by atoms with E-state index in [1.54, 1.807) is 12.1 Å². The molecule has 152 valence electrons. The molecule has 8 heteroatoms. The van der Waals surface area contributed by atoms with Gasteiger partial charge in [0.1, 0.15) is 12.2 Å². The van der Waals surface area contributed by atoms with Crippen LogP contribution < -0.4 is 14.8 Å². The molecule has 2 aliphatic rings. The number of halogens is 1. The van der Waals surface area contributed by atoms with Crippen LogP contribution in [0.1, 0.15) is 37.7 Å². The Morgan fingerprint density at radius 1 is 1.28 bits per heavy atom. The van der Waals surface area contributed by atoms with Gasteiger partial charge in [-0.25, -0.2) is 4.79 Å². The first-order valence-electron chi connectivity index (χ1n) is 9.30. The number of hydrogen-bond acceptors (Lipinski definition) is 5. The number of benzene rings is 1. The molecule has 2 fully saturated rings. The second-order valence-corrected chi connectivity index (χ2v) is 7.97. The monoisotopic (exact) mass is 508 g/mol. The Hall–Kier alpha value is -2.54. The molecular weight excluding hydrogens is 487 g/mol. The van der Waals surface area contributed by atoms with E-state index >= 15 is 0 Å². The van der Waals surface area contributed by atoms with Crippen molar-refractivity contribution >= 4 is 46.5 Å². The van der Waals surface area contributed by atoms with Gasteiger partial charge in [-0.2, -0.15) is 0 Å². The molecule has 3 rings (SSSR count). The summed E-state index contributed by atoms with van der Waals surface area (Å²) in [4.78, 5) is 38.9. The highest BCUT2D eigenvalue weighted by atomic mass is 127. The van der Waals surface area contributed by atoms with Crippen molar-refractivity contribution in [2.24, 2.45) is 0 Å². The fraction of sp³-hybridized carbons (Fsp3) is 0.381. The first kappa shape index (κ1) is 21.2. The quantitative estimate of drug-likeness (QED) is 0.286. The second kappa shape index (κ2) is 9.31. The number of carbonyl (C=O) groups is 3. The summed E-state index contributed by atoms with van der Waals surface area (Å²) >= 11 is 2.07. The lowest BCUT2D eigenvalue weighted by atomic mass is 9.93. The minimum Gasteiger partial charge on any atom is -0.493 e.